The fourth-order valence-electron chi connectivity index (χ4n) is 3.42. The molecule has 23 heavy (non-hydrogen) atoms. The van der Waals surface area contributed by atoms with Gasteiger partial charge in [-0.15, -0.1) is 0 Å². The van der Waals surface area contributed by atoms with Crippen LogP contribution < -0.4 is 0 Å². The second kappa shape index (κ2) is 6.57. The zero-order valence-corrected chi connectivity index (χ0v) is 13.4. The SMILES string of the molecule is O=C(CN1CCOCC1)N1CCCCC1c1nc(C2CC2)no1. The van der Waals surface area contributed by atoms with Crippen molar-refractivity contribution in [2.75, 3.05) is 39.4 Å². The van der Waals surface area contributed by atoms with Gasteiger partial charge >= 0.3 is 0 Å². The van der Waals surface area contributed by atoms with E-state index in [1.165, 1.54) is 0 Å². The van der Waals surface area contributed by atoms with Gasteiger partial charge in [0, 0.05) is 25.6 Å². The minimum atomic E-state index is -0.0442. The fraction of sp³-hybridized carbons (Fsp3) is 0.812. The first-order valence-electron chi connectivity index (χ1n) is 8.74. The van der Waals surface area contributed by atoms with Crippen LogP contribution in [0.25, 0.3) is 0 Å². The third-order valence-corrected chi connectivity index (χ3v) is 4.97. The number of aromatic nitrogens is 2. The highest BCUT2D eigenvalue weighted by atomic mass is 16.5. The molecule has 7 nitrogen and oxygen atoms in total. The number of ether oxygens (including phenoxy) is 1. The summed E-state index contributed by atoms with van der Waals surface area (Å²) in [5, 5.41) is 4.11. The van der Waals surface area contributed by atoms with E-state index >= 15 is 0 Å². The molecule has 1 amide bonds. The van der Waals surface area contributed by atoms with Crippen molar-refractivity contribution in [3.8, 4) is 0 Å². The molecule has 0 bridgehead atoms. The monoisotopic (exact) mass is 320 g/mol. The molecular formula is C16H24N4O3. The summed E-state index contributed by atoms with van der Waals surface area (Å²) >= 11 is 0. The molecule has 1 unspecified atom stereocenters. The molecule has 2 saturated heterocycles. The molecule has 1 aliphatic carbocycles. The van der Waals surface area contributed by atoms with Gasteiger partial charge in [-0.2, -0.15) is 4.98 Å². The summed E-state index contributed by atoms with van der Waals surface area (Å²) in [6.07, 6.45) is 5.38. The number of piperidine rings is 1. The van der Waals surface area contributed by atoms with Gasteiger partial charge in [-0.1, -0.05) is 5.16 Å². The quantitative estimate of drug-likeness (QED) is 0.833. The van der Waals surface area contributed by atoms with Gasteiger partial charge in [0.1, 0.15) is 6.04 Å². The van der Waals surface area contributed by atoms with Crippen molar-refractivity contribution in [1.29, 1.82) is 0 Å². The van der Waals surface area contributed by atoms with E-state index in [0.29, 0.717) is 31.6 Å². The van der Waals surface area contributed by atoms with Crippen LogP contribution in [0.4, 0.5) is 0 Å². The van der Waals surface area contributed by atoms with Crippen LogP contribution in [0.3, 0.4) is 0 Å². The first kappa shape index (κ1) is 15.1. The molecule has 126 valence electrons. The Labute approximate surface area is 136 Å². The minimum absolute atomic E-state index is 0.0442. The highest BCUT2D eigenvalue weighted by molar-refractivity contribution is 5.78. The van der Waals surface area contributed by atoms with Crippen LogP contribution in [-0.2, 0) is 9.53 Å². The summed E-state index contributed by atoms with van der Waals surface area (Å²) in [7, 11) is 0. The van der Waals surface area contributed by atoms with Gasteiger partial charge in [-0.25, -0.2) is 0 Å². The maximum atomic E-state index is 12.8. The Balaban J connectivity index is 1.44. The number of nitrogens with zero attached hydrogens (tertiary/aromatic N) is 4. The summed E-state index contributed by atoms with van der Waals surface area (Å²) in [5.41, 5.74) is 0. The van der Waals surface area contributed by atoms with E-state index in [4.69, 9.17) is 9.26 Å². The Hall–Kier alpha value is -1.47. The predicted molar refractivity (Wildman–Crippen MR) is 81.8 cm³/mol. The molecule has 2 aliphatic heterocycles. The summed E-state index contributed by atoms with van der Waals surface area (Å²) < 4.78 is 10.8. The zero-order chi connectivity index (χ0) is 15.6. The molecule has 1 atom stereocenters. The first-order chi connectivity index (χ1) is 11.3. The van der Waals surface area contributed by atoms with Gasteiger partial charge in [0.2, 0.25) is 11.8 Å². The van der Waals surface area contributed by atoms with Gasteiger partial charge in [0.05, 0.1) is 19.8 Å². The lowest BCUT2D eigenvalue weighted by Crippen LogP contribution is -2.47. The predicted octanol–water partition coefficient (Wildman–Crippen LogP) is 1.33. The molecule has 3 fully saturated rings. The number of amides is 1. The molecule has 1 aromatic rings. The Morgan fingerprint density at radius 1 is 1.13 bits per heavy atom. The molecule has 3 aliphatic rings. The summed E-state index contributed by atoms with van der Waals surface area (Å²) in [6, 6.07) is -0.0442. The Morgan fingerprint density at radius 3 is 2.74 bits per heavy atom. The lowest BCUT2D eigenvalue weighted by atomic mass is 10.0. The number of rotatable bonds is 4. The molecule has 0 aromatic carbocycles. The van der Waals surface area contributed by atoms with E-state index in [2.05, 4.69) is 15.0 Å². The lowest BCUT2D eigenvalue weighted by molar-refractivity contribution is -0.138. The number of hydrogen-bond acceptors (Lipinski definition) is 6. The van der Waals surface area contributed by atoms with Crippen molar-refractivity contribution in [2.45, 2.75) is 44.1 Å². The Morgan fingerprint density at radius 2 is 1.96 bits per heavy atom. The van der Waals surface area contributed by atoms with Crippen molar-refractivity contribution in [3.05, 3.63) is 11.7 Å². The molecule has 0 spiro atoms. The number of hydrogen-bond donors (Lipinski definition) is 0. The molecule has 3 heterocycles. The molecule has 4 rings (SSSR count). The number of likely N-dealkylation sites (tertiary alicyclic amines) is 1. The van der Waals surface area contributed by atoms with Gasteiger partial charge < -0.3 is 14.2 Å². The van der Waals surface area contributed by atoms with Crippen molar-refractivity contribution < 1.29 is 14.1 Å². The molecule has 0 radical (unpaired) electrons. The Kier molecular flexibility index (Phi) is 4.31. The highest BCUT2D eigenvalue weighted by Gasteiger charge is 2.35. The standard InChI is InChI=1S/C16H24N4O3/c21-14(11-19-7-9-22-10-8-19)20-6-2-1-3-13(20)16-17-15(18-23-16)12-4-5-12/h12-13H,1-11H2. The zero-order valence-electron chi connectivity index (χ0n) is 13.4. The van der Waals surface area contributed by atoms with E-state index in [1.807, 2.05) is 4.90 Å². The van der Waals surface area contributed by atoms with Crippen LogP contribution in [0, 0.1) is 0 Å². The van der Waals surface area contributed by atoms with E-state index in [0.717, 1.165) is 57.6 Å². The second-order valence-corrected chi connectivity index (χ2v) is 6.75. The van der Waals surface area contributed by atoms with Crippen LogP contribution in [0.5, 0.6) is 0 Å². The van der Waals surface area contributed by atoms with Crippen molar-refractivity contribution in [1.82, 2.24) is 19.9 Å². The summed E-state index contributed by atoms with van der Waals surface area (Å²) in [4.78, 5) is 21.4. The second-order valence-electron chi connectivity index (χ2n) is 6.75. The van der Waals surface area contributed by atoms with E-state index < -0.39 is 0 Å². The third kappa shape index (κ3) is 3.40. The van der Waals surface area contributed by atoms with Gasteiger partial charge in [-0.05, 0) is 32.1 Å². The summed E-state index contributed by atoms with van der Waals surface area (Å²) in [6.45, 7) is 4.34. The van der Waals surface area contributed by atoms with Gasteiger partial charge in [-0.3, -0.25) is 9.69 Å². The number of carbonyl (C=O) groups excluding carboxylic acids is 1. The highest BCUT2D eigenvalue weighted by Crippen LogP contribution is 2.39. The smallest absolute Gasteiger partial charge is 0.249 e. The maximum absolute atomic E-state index is 12.8. The molecule has 7 heteroatoms. The summed E-state index contributed by atoms with van der Waals surface area (Å²) in [5.74, 6) is 2.10. The van der Waals surface area contributed by atoms with Crippen LogP contribution >= 0.6 is 0 Å². The number of morpholine rings is 1. The Bertz CT molecular complexity index is 551. The first-order valence-corrected chi connectivity index (χ1v) is 8.74. The maximum Gasteiger partial charge on any atom is 0.249 e. The topological polar surface area (TPSA) is 71.7 Å². The van der Waals surface area contributed by atoms with Crippen LogP contribution in [0.1, 0.15) is 55.8 Å². The molecular weight excluding hydrogens is 296 g/mol. The van der Waals surface area contributed by atoms with Crippen molar-refractivity contribution in [3.63, 3.8) is 0 Å². The molecule has 1 saturated carbocycles. The average molecular weight is 320 g/mol. The molecule has 1 aromatic heterocycles. The average Bonchev–Trinajstić information content (AvgIpc) is 3.33. The van der Waals surface area contributed by atoms with Crippen molar-refractivity contribution in [2.24, 2.45) is 0 Å². The van der Waals surface area contributed by atoms with Gasteiger partial charge in [0.25, 0.3) is 0 Å². The molecule has 0 N–H and O–H groups in total. The lowest BCUT2D eigenvalue weighted by Gasteiger charge is -2.35. The normalized spacial score (nSPS) is 26.4. The van der Waals surface area contributed by atoms with Crippen LogP contribution in [0.2, 0.25) is 0 Å². The number of carbonyl (C=O) groups is 1. The van der Waals surface area contributed by atoms with E-state index in [9.17, 15) is 4.79 Å². The van der Waals surface area contributed by atoms with E-state index in [-0.39, 0.29) is 11.9 Å². The van der Waals surface area contributed by atoms with Gasteiger partial charge in [0.15, 0.2) is 5.82 Å². The van der Waals surface area contributed by atoms with Crippen LogP contribution in [-0.4, -0.2) is 65.2 Å². The van der Waals surface area contributed by atoms with Crippen molar-refractivity contribution >= 4 is 5.91 Å². The van der Waals surface area contributed by atoms with E-state index in [1.54, 1.807) is 0 Å². The third-order valence-electron chi connectivity index (χ3n) is 4.97. The fourth-order valence-corrected chi connectivity index (χ4v) is 3.42. The minimum Gasteiger partial charge on any atom is -0.379 e. The largest absolute Gasteiger partial charge is 0.379 e. The van der Waals surface area contributed by atoms with Crippen LogP contribution in [0.15, 0.2) is 4.52 Å².